The number of benzene rings is 1. The molecule has 0 saturated carbocycles. The normalized spacial score (nSPS) is 16.2. The Bertz CT molecular complexity index is 871. The Morgan fingerprint density at radius 3 is 2.63 bits per heavy atom. The fourth-order valence-corrected chi connectivity index (χ4v) is 4.87. The Hall–Kier alpha value is -1.93. The molecule has 0 spiro atoms. The number of thiazole rings is 1. The molecule has 1 aromatic heterocycles. The van der Waals surface area contributed by atoms with Crippen LogP contribution in [0.2, 0.25) is 0 Å². The third kappa shape index (κ3) is 6.04. The second-order valence-corrected chi connectivity index (χ2v) is 9.43. The van der Waals surface area contributed by atoms with E-state index in [0.717, 1.165) is 49.1 Å². The molecular formula is C22H28F3N3OS. The quantitative estimate of drug-likeness (QED) is 0.684. The Kier molecular flexibility index (Phi) is 7.18. The zero-order chi connectivity index (χ0) is 21.9. The van der Waals surface area contributed by atoms with Gasteiger partial charge in [0.1, 0.15) is 4.88 Å². The van der Waals surface area contributed by atoms with Gasteiger partial charge in [-0.3, -0.25) is 9.69 Å². The van der Waals surface area contributed by atoms with E-state index in [2.05, 4.69) is 29.0 Å². The smallest absolute Gasteiger partial charge is 0.348 e. The number of aromatic nitrogens is 1. The highest BCUT2D eigenvalue weighted by molar-refractivity contribution is 7.13. The van der Waals surface area contributed by atoms with Crippen molar-refractivity contribution in [2.45, 2.75) is 58.8 Å². The van der Waals surface area contributed by atoms with E-state index < -0.39 is 11.7 Å². The fourth-order valence-electron chi connectivity index (χ4n) is 3.69. The van der Waals surface area contributed by atoms with E-state index in [9.17, 15) is 18.0 Å². The Morgan fingerprint density at radius 1 is 1.30 bits per heavy atom. The van der Waals surface area contributed by atoms with Crippen molar-refractivity contribution in [3.8, 4) is 0 Å². The van der Waals surface area contributed by atoms with E-state index in [1.54, 1.807) is 6.07 Å². The first-order chi connectivity index (χ1) is 14.1. The SMILES string of the molecule is Cc1nc(CC(C)C)sc1C(=O)NC1CCN(Cc2cccc(C(F)(F)F)c2)CC1. The molecule has 1 N–H and O–H groups in total. The highest BCUT2D eigenvalue weighted by atomic mass is 32.1. The van der Waals surface area contributed by atoms with Crippen molar-refractivity contribution in [1.82, 2.24) is 15.2 Å². The molecule has 30 heavy (non-hydrogen) atoms. The van der Waals surface area contributed by atoms with Crippen molar-refractivity contribution in [2.24, 2.45) is 5.92 Å². The number of alkyl halides is 3. The molecule has 1 aliphatic rings. The summed E-state index contributed by atoms with van der Waals surface area (Å²) < 4.78 is 38.7. The second kappa shape index (κ2) is 9.47. The highest BCUT2D eigenvalue weighted by Crippen LogP contribution is 2.30. The third-order valence-corrected chi connectivity index (χ3v) is 6.39. The Labute approximate surface area is 179 Å². The number of hydrogen-bond acceptors (Lipinski definition) is 4. The summed E-state index contributed by atoms with van der Waals surface area (Å²) in [7, 11) is 0. The number of rotatable bonds is 6. The minimum Gasteiger partial charge on any atom is -0.348 e. The molecule has 8 heteroatoms. The number of nitrogens with zero attached hydrogens (tertiary/aromatic N) is 2. The van der Waals surface area contributed by atoms with E-state index >= 15 is 0 Å². The number of amides is 1. The first-order valence-corrected chi connectivity index (χ1v) is 11.1. The Morgan fingerprint density at radius 2 is 2.00 bits per heavy atom. The maximum Gasteiger partial charge on any atom is 0.416 e. The summed E-state index contributed by atoms with van der Waals surface area (Å²) in [4.78, 5) is 20.0. The van der Waals surface area contributed by atoms with Gasteiger partial charge >= 0.3 is 6.18 Å². The maximum atomic E-state index is 12.9. The van der Waals surface area contributed by atoms with Gasteiger partial charge in [-0.2, -0.15) is 13.2 Å². The van der Waals surface area contributed by atoms with Crippen LogP contribution >= 0.6 is 11.3 Å². The molecule has 0 unspecified atom stereocenters. The number of carbonyl (C=O) groups excluding carboxylic acids is 1. The number of aryl methyl sites for hydroxylation is 1. The molecule has 164 valence electrons. The van der Waals surface area contributed by atoms with Gasteiger partial charge < -0.3 is 5.32 Å². The lowest BCUT2D eigenvalue weighted by Gasteiger charge is -2.32. The number of halogens is 3. The van der Waals surface area contributed by atoms with Gasteiger partial charge in [0, 0.05) is 32.1 Å². The van der Waals surface area contributed by atoms with Crippen molar-refractivity contribution in [3.05, 3.63) is 51.0 Å². The van der Waals surface area contributed by atoms with Gasteiger partial charge in [0.25, 0.3) is 5.91 Å². The van der Waals surface area contributed by atoms with Gasteiger partial charge in [-0.1, -0.05) is 32.0 Å². The van der Waals surface area contributed by atoms with Crippen LogP contribution in [0.4, 0.5) is 13.2 Å². The first-order valence-electron chi connectivity index (χ1n) is 10.3. The van der Waals surface area contributed by atoms with Gasteiger partial charge in [0.2, 0.25) is 0 Å². The third-order valence-electron chi connectivity index (χ3n) is 5.21. The number of hydrogen-bond donors (Lipinski definition) is 1. The minimum atomic E-state index is -4.32. The molecule has 2 heterocycles. The van der Waals surface area contributed by atoms with Gasteiger partial charge in [0.05, 0.1) is 16.3 Å². The molecular weight excluding hydrogens is 411 g/mol. The lowest BCUT2D eigenvalue weighted by Crippen LogP contribution is -2.44. The monoisotopic (exact) mass is 439 g/mol. The topological polar surface area (TPSA) is 45.2 Å². The van der Waals surface area contributed by atoms with Crippen LogP contribution in [0.15, 0.2) is 24.3 Å². The average Bonchev–Trinajstić information content (AvgIpc) is 3.02. The molecule has 0 bridgehead atoms. The van der Waals surface area contributed by atoms with Crippen LogP contribution in [0, 0.1) is 12.8 Å². The molecule has 1 fully saturated rings. The maximum absolute atomic E-state index is 12.9. The van der Waals surface area contributed by atoms with Crippen LogP contribution in [0.1, 0.15) is 58.2 Å². The standard InChI is InChI=1S/C22H28F3N3OS/c1-14(2)11-19-26-15(3)20(30-19)21(29)27-18-7-9-28(10-8-18)13-16-5-4-6-17(12-16)22(23,24)25/h4-6,12,14,18H,7-11,13H2,1-3H3,(H,27,29). The minimum absolute atomic E-state index is 0.0728. The van der Waals surface area contributed by atoms with Crippen LogP contribution in [-0.2, 0) is 19.1 Å². The summed E-state index contributed by atoms with van der Waals surface area (Å²) in [5, 5.41) is 4.10. The number of piperidine rings is 1. The van der Waals surface area contributed by atoms with Crippen molar-refractivity contribution < 1.29 is 18.0 Å². The predicted octanol–water partition coefficient (Wildman–Crippen LogP) is 5.06. The van der Waals surface area contributed by atoms with E-state index in [1.165, 1.54) is 23.5 Å². The molecule has 0 atom stereocenters. The molecule has 4 nitrogen and oxygen atoms in total. The van der Waals surface area contributed by atoms with Crippen molar-refractivity contribution in [2.75, 3.05) is 13.1 Å². The van der Waals surface area contributed by atoms with Gasteiger partial charge in [-0.25, -0.2) is 4.98 Å². The first kappa shape index (κ1) is 22.7. The highest BCUT2D eigenvalue weighted by Gasteiger charge is 2.30. The lowest BCUT2D eigenvalue weighted by molar-refractivity contribution is -0.137. The van der Waals surface area contributed by atoms with Crippen molar-refractivity contribution in [1.29, 1.82) is 0 Å². The predicted molar refractivity (Wildman–Crippen MR) is 113 cm³/mol. The summed E-state index contributed by atoms with van der Waals surface area (Å²) in [6.45, 7) is 8.08. The molecule has 1 aromatic carbocycles. The van der Waals surface area contributed by atoms with Crippen LogP contribution in [0.3, 0.4) is 0 Å². The van der Waals surface area contributed by atoms with E-state index in [-0.39, 0.29) is 11.9 Å². The Balaban J connectivity index is 1.51. The van der Waals surface area contributed by atoms with Gasteiger partial charge in [-0.15, -0.1) is 11.3 Å². The number of nitrogens with one attached hydrogen (secondary N) is 1. The summed E-state index contributed by atoms with van der Waals surface area (Å²) >= 11 is 1.46. The number of carbonyl (C=O) groups is 1. The number of likely N-dealkylation sites (tertiary alicyclic amines) is 1. The molecule has 1 amide bonds. The van der Waals surface area contributed by atoms with Gasteiger partial charge in [-0.05, 0) is 37.3 Å². The van der Waals surface area contributed by atoms with Gasteiger partial charge in [0.15, 0.2) is 0 Å². The summed E-state index contributed by atoms with van der Waals surface area (Å²) in [5.74, 6) is 0.420. The zero-order valence-electron chi connectivity index (χ0n) is 17.6. The average molecular weight is 440 g/mol. The molecule has 0 radical (unpaired) electrons. The molecule has 2 aromatic rings. The largest absolute Gasteiger partial charge is 0.416 e. The van der Waals surface area contributed by atoms with E-state index in [1.807, 2.05) is 6.92 Å². The van der Waals surface area contributed by atoms with Crippen LogP contribution in [-0.4, -0.2) is 34.9 Å². The van der Waals surface area contributed by atoms with Crippen LogP contribution in [0.25, 0.3) is 0 Å². The molecule has 0 aliphatic carbocycles. The summed E-state index contributed by atoms with van der Waals surface area (Å²) in [5.41, 5.74) is 0.819. The van der Waals surface area contributed by atoms with Crippen molar-refractivity contribution >= 4 is 17.2 Å². The summed E-state index contributed by atoms with van der Waals surface area (Å²) in [6.07, 6.45) is -1.90. The van der Waals surface area contributed by atoms with E-state index in [0.29, 0.717) is 22.9 Å². The van der Waals surface area contributed by atoms with Crippen LogP contribution < -0.4 is 5.32 Å². The second-order valence-electron chi connectivity index (χ2n) is 8.34. The lowest BCUT2D eigenvalue weighted by atomic mass is 10.0. The fraction of sp³-hybridized carbons (Fsp3) is 0.545. The van der Waals surface area contributed by atoms with Crippen molar-refractivity contribution in [3.63, 3.8) is 0 Å². The summed E-state index contributed by atoms with van der Waals surface area (Å²) in [6, 6.07) is 5.57. The van der Waals surface area contributed by atoms with Crippen LogP contribution in [0.5, 0.6) is 0 Å². The molecule has 1 saturated heterocycles. The zero-order valence-corrected chi connectivity index (χ0v) is 18.4. The molecule has 1 aliphatic heterocycles. The van der Waals surface area contributed by atoms with E-state index in [4.69, 9.17) is 0 Å². The molecule has 3 rings (SSSR count).